The lowest BCUT2D eigenvalue weighted by atomic mass is 9.97. The molecule has 1 aromatic heterocycles. The lowest BCUT2D eigenvalue weighted by Crippen LogP contribution is -2.29. The van der Waals surface area contributed by atoms with Crippen LogP contribution in [0.5, 0.6) is 0 Å². The molecule has 0 bridgehead atoms. The maximum absolute atomic E-state index is 13.9. The number of rotatable bonds is 4. The standard InChI is InChI=1S/C27H20FNO5/c1-15-3-5-16(6-4-15)14-29-23(17-7-9-18(10-8-17)27(32)33-2)22-24(30)20-13-19(28)11-12-21(20)34-25(22)26(29)31/h3-13,23H,14H2,1-2H3/t23-/m0/s1. The largest absolute Gasteiger partial charge is 0.465 e. The fourth-order valence-electron chi connectivity index (χ4n) is 4.31. The maximum Gasteiger partial charge on any atom is 0.337 e. The first-order chi connectivity index (χ1) is 16.4. The number of fused-ring (bicyclic) bond motifs is 2. The molecule has 0 radical (unpaired) electrons. The molecule has 34 heavy (non-hydrogen) atoms. The molecule has 1 amide bonds. The molecule has 3 aromatic carbocycles. The van der Waals surface area contributed by atoms with Crippen molar-refractivity contribution in [3.63, 3.8) is 0 Å². The van der Waals surface area contributed by atoms with Gasteiger partial charge in [-0.05, 0) is 48.4 Å². The van der Waals surface area contributed by atoms with Gasteiger partial charge in [0.2, 0.25) is 5.76 Å². The van der Waals surface area contributed by atoms with Gasteiger partial charge >= 0.3 is 5.97 Å². The number of methoxy groups -OCH3 is 1. The number of hydrogen-bond donors (Lipinski definition) is 0. The fourth-order valence-corrected chi connectivity index (χ4v) is 4.31. The van der Waals surface area contributed by atoms with Crippen LogP contribution in [0.4, 0.5) is 4.39 Å². The number of benzene rings is 3. The normalized spacial score (nSPS) is 15.0. The molecule has 0 spiro atoms. The average molecular weight is 457 g/mol. The number of ether oxygens (including phenoxy) is 1. The van der Waals surface area contributed by atoms with E-state index in [4.69, 9.17) is 9.15 Å². The summed E-state index contributed by atoms with van der Waals surface area (Å²) in [6.45, 7) is 2.20. The van der Waals surface area contributed by atoms with Crippen LogP contribution < -0.4 is 5.43 Å². The third-order valence-corrected chi connectivity index (χ3v) is 6.05. The van der Waals surface area contributed by atoms with Gasteiger partial charge in [0.25, 0.3) is 5.91 Å². The first-order valence-corrected chi connectivity index (χ1v) is 10.7. The number of nitrogens with zero attached hydrogens (tertiary/aromatic N) is 1. The number of halogens is 1. The Labute approximate surface area is 194 Å². The van der Waals surface area contributed by atoms with E-state index >= 15 is 0 Å². The van der Waals surface area contributed by atoms with Crippen molar-refractivity contribution in [3.8, 4) is 0 Å². The number of aryl methyl sites for hydroxylation is 1. The van der Waals surface area contributed by atoms with E-state index in [0.717, 1.165) is 17.2 Å². The zero-order valence-electron chi connectivity index (χ0n) is 18.5. The second-order valence-electron chi connectivity index (χ2n) is 8.25. The average Bonchev–Trinajstić information content (AvgIpc) is 3.12. The minimum atomic E-state index is -0.764. The van der Waals surface area contributed by atoms with Crippen LogP contribution in [0.2, 0.25) is 0 Å². The summed E-state index contributed by atoms with van der Waals surface area (Å²) >= 11 is 0. The monoisotopic (exact) mass is 457 g/mol. The summed E-state index contributed by atoms with van der Waals surface area (Å²) in [4.78, 5) is 40.4. The Hall–Kier alpha value is -4.26. The molecule has 0 aliphatic carbocycles. The predicted octanol–water partition coefficient (Wildman–Crippen LogP) is 4.77. The lowest BCUT2D eigenvalue weighted by molar-refractivity contribution is 0.0599. The first-order valence-electron chi connectivity index (χ1n) is 10.7. The molecule has 1 atom stereocenters. The van der Waals surface area contributed by atoms with E-state index in [1.807, 2.05) is 31.2 Å². The van der Waals surface area contributed by atoms with Gasteiger partial charge in [-0.1, -0.05) is 42.0 Å². The van der Waals surface area contributed by atoms with E-state index in [1.54, 1.807) is 29.2 Å². The van der Waals surface area contributed by atoms with Gasteiger partial charge in [0, 0.05) is 6.54 Å². The number of amides is 1. The van der Waals surface area contributed by atoms with Crippen LogP contribution in [0.1, 0.15) is 49.2 Å². The number of hydrogen-bond acceptors (Lipinski definition) is 5. The van der Waals surface area contributed by atoms with E-state index in [0.29, 0.717) is 11.1 Å². The highest BCUT2D eigenvalue weighted by atomic mass is 19.1. The molecule has 7 heteroatoms. The number of esters is 1. The smallest absolute Gasteiger partial charge is 0.337 e. The summed E-state index contributed by atoms with van der Waals surface area (Å²) in [6, 6.07) is 17.1. The molecule has 0 saturated carbocycles. The molecule has 170 valence electrons. The highest BCUT2D eigenvalue weighted by Gasteiger charge is 2.42. The highest BCUT2D eigenvalue weighted by Crippen LogP contribution is 2.39. The van der Waals surface area contributed by atoms with Gasteiger partial charge in [-0.25, -0.2) is 9.18 Å². The van der Waals surface area contributed by atoms with E-state index in [2.05, 4.69) is 0 Å². The Morgan fingerprint density at radius 2 is 1.74 bits per heavy atom. The van der Waals surface area contributed by atoms with E-state index in [-0.39, 0.29) is 28.8 Å². The van der Waals surface area contributed by atoms with Crippen molar-refractivity contribution in [3.05, 3.63) is 116 Å². The van der Waals surface area contributed by atoms with Crippen LogP contribution in [0.3, 0.4) is 0 Å². The minimum Gasteiger partial charge on any atom is -0.465 e. The van der Waals surface area contributed by atoms with Crippen molar-refractivity contribution >= 4 is 22.8 Å². The van der Waals surface area contributed by atoms with Crippen molar-refractivity contribution in [2.45, 2.75) is 19.5 Å². The van der Waals surface area contributed by atoms with Gasteiger partial charge in [-0.3, -0.25) is 9.59 Å². The van der Waals surface area contributed by atoms with Gasteiger partial charge < -0.3 is 14.1 Å². The van der Waals surface area contributed by atoms with E-state index in [9.17, 15) is 18.8 Å². The van der Waals surface area contributed by atoms with Crippen molar-refractivity contribution in [2.24, 2.45) is 0 Å². The molecule has 0 N–H and O–H groups in total. The van der Waals surface area contributed by atoms with Crippen molar-refractivity contribution in [2.75, 3.05) is 7.11 Å². The summed E-state index contributed by atoms with van der Waals surface area (Å²) < 4.78 is 24.5. The third-order valence-electron chi connectivity index (χ3n) is 6.05. The molecule has 0 fully saturated rings. The van der Waals surface area contributed by atoms with Gasteiger partial charge in [0.15, 0.2) is 5.43 Å². The predicted molar refractivity (Wildman–Crippen MR) is 123 cm³/mol. The molecule has 0 saturated heterocycles. The second kappa shape index (κ2) is 8.26. The fraction of sp³-hybridized carbons (Fsp3) is 0.148. The van der Waals surface area contributed by atoms with E-state index < -0.39 is 29.2 Å². The maximum atomic E-state index is 13.9. The zero-order chi connectivity index (χ0) is 24.0. The molecular formula is C27H20FNO5. The molecule has 1 aliphatic rings. The van der Waals surface area contributed by atoms with Gasteiger partial charge in [0.05, 0.1) is 29.7 Å². The van der Waals surface area contributed by atoms with Crippen LogP contribution in [0.25, 0.3) is 11.0 Å². The Kier molecular flexibility index (Phi) is 5.24. The van der Waals surface area contributed by atoms with Gasteiger partial charge in [-0.15, -0.1) is 0 Å². The highest BCUT2D eigenvalue weighted by molar-refractivity contribution is 5.99. The molecule has 6 nitrogen and oxygen atoms in total. The topological polar surface area (TPSA) is 76.8 Å². The Bertz CT molecular complexity index is 1490. The van der Waals surface area contributed by atoms with Crippen LogP contribution in [-0.4, -0.2) is 23.9 Å². The van der Waals surface area contributed by atoms with Gasteiger partial charge in [0.1, 0.15) is 11.4 Å². The summed E-state index contributed by atoms with van der Waals surface area (Å²) in [5, 5.41) is 0.0694. The molecular weight excluding hydrogens is 437 g/mol. The van der Waals surface area contributed by atoms with Crippen molar-refractivity contribution in [1.82, 2.24) is 4.90 Å². The lowest BCUT2D eigenvalue weighted by Gasteiger charge is -2.25. The Morgan fingerprint density at radius 1 is 1.03 bits per heavy atom. The second-order valence-corrected chi connectivity index (χ2v) is 8.25. The van der Waals surface area contributed by atoms with Crippen LogP contribution in [0, 0.1) is 12.7 Å². The molecule has 0 unspecified atom stereocenters. The third kappa shape index (κ3) is 3.55. The van der Waals surface area contributed by atoms with Crippen LogP contribution in [0.15, 0.2) is 75.9 Å². The molecule has 1 aliphatic heterocycles. The quantitative estimate of drug-likeness (QED) is 0.413. The van der Waals surface area contributed by atoms with Crippen molar-refractivity contribution in [1.29, 1.82) is 0 Å². The van der Waals surface area contributed by atoms with Crippen LogP contribution in [-0.2, 0) is 11.3 Å². The summed E-state index contributed by atoms with van der Waals surface area (Å²) in [5.41, 5.74) is 2.77. The Morgan fingerprint density at radius 3 is 2.41 bits per heavy atom. The molecule has 2 heterocycles. The molecule has 4 aromatic rings. The van der Waals surface area contributed by atoms with Crippen LogP contribution >= 0.6 is 0 Å². The Balaban J connectivity index is 1.68. The summed E-state index contributed by atoms with van der Waals surface area (Å²) in [6.07, 6.45) is 0. The van der Waals surface area contributed by atoms with E-state index in [1.165, 1.54) is 19.2 Å². The zero-order valence-corrected chi connectivity index (χ0v) is 18.5. The number of carbonyl (C=O) groups excluding carboxylic acids is 2. The summed E-state index contributed by atoms with van der Waals surface area (Å²) in [5.74, 6) is -1.55. The number of carbonyl (C=O) groups is 2. The SMILES string of the molecule is COC(=O)c1ccc([C@H]2c3c(oc4ccc(F)cc4c3=O)C(=O)N2Cc2ccc(C)cc2)cc1. The van der Waals surface area contributed by atoms with Gasteiger partial charge in [-0.2, -0.15) is 0 Å². The minimum absolute atomic E-state index is 0.0572. The first kappa shape index (κ1) is 21.6. The summed E-state index contributed by atoms with van der Waals surface area (Å²) in [7, 11) is 1.29. The van der Waals surface area contributed by atoms with Crippen molar-refractivity contribution < 1.29 is 23.1 Å². The molecule has 5 rings (SSSR count).